The van der Waals surface area contributed by atoms with Crippen molar-refractivity contribution in [1.82, 2.24) is 9.62 Å². The summed E-state index contributed by atoms with van der Waals surface area (Å²) in [6.45, 7) is 3.51. The van der Waals surface area contributed by atoms with Crippen LogP contribution < -0.4 is 10.1 Å². The van der Waals surface area contributed by atoms with E-state index in [2.05, 4.69) is 5.32 Å². The van der Waals surface area contributed by atoms with Crippen LogP contribution in [0.15, 0.2) is 77.7 Å². The van der Waals surface area contributed by atoms with Crippen LogP contribution in [0.25, 0.3) is 0 Å². The molecule has 1 N–H and O–H groups in total. The van der Waals surface area contributed by atoms with Crippen molar-refractivity contribution in [3.05, 3.63) is 94.5 Å². The van der Waals surface area contributed by atoms with Gasteiger partial charge in [0.2, 0.25) is 15.9 Å². The highest BCUT2D eigenvalue weighted by molar-refractivity contribution is 7.89. The summed E-state index contributed by atoms with van der Waals surface area (Å²) in [4.78, 5) is 13.0. The number of carbonyl (C=O) groups excluding carboxylic acids is 1. The predicted octanol–water partition coefficient (Wildman–Crippen LogP) is 4.73. The van der Waals surface area contributed by atoms with Gasteiger partial charge in [0.15, 0.2) is 0 Å². The van der Waals surface area contributed by atoms with Gasteiger partial charge in [-0.25, -0.2) is 8.42 Å². The minimum atomic E-state index is -3.94. The molecule has 0 saturated carbocycles. The zero-order valence-electron chi connectivity index (χ0n) is 18.8. The summed E-state index contributed by atoms with van der Waals surface area (Å²) in [5.74, 6) is 0.320. The van der Waals surface area contributed by atoms with Gasteiger partial charge in [0, 0.05) is 11.6 Å². The average molecular weight is 487 g/mol. The molecule has 0 aliphatic carbocycles. The molecule has 0 spiro atoms. The molecule has 0 radical (unpaired) electrons. The number of amides is 1. The van der Waals surface area contributed by atoms with Crippen LogP contribution in [0.3, 0.4) is 0 Å². The van der Waals surface area contributed by atoms with Crippen LogP contribution in [0, 0.1) is 6.92 Å². The van der Waals surface area contributed by atoms with Crippen LogP contribution in [0.1, 0.15) is 29.7 Å². The summed E-state index contributed by atoms with van der Waals surface area (Å²) in [5, 5.41) is 3.33. The molecule has 0 heterocycles. The molecule has 174 valence electrons. The van der Waals surface area contributed by atoms with Crippen molar-refractivity contribution >= 4 is 27.5 Å². The summed E-state index contributed by atoms with van der Waals surface area (Å²) in [6.07, 6.45) is 0. The van der Waals surface area contributed by atoms with E-state index in [1.807, 2.05) is 62.4 Å². The normalized spacial score (nSPS) is 12.4. The molecular weight excluding hydrogens is 460 g/mol. The van der Waals surface area contributed by atoms with Crippen LogP contribution in [-0.2, 0) is 21.4 Å². The van der Waals surface area contributed by atoms with Crippen LogP contribution >= 0.6 is 11.6 Å². The number of methoxy groups -OCH3 is 1. The van der Waals surface area contributed by atoms with E-state index in [4.69, 9.17) is 16.3 Å². The van der Waals surface area contributed by atoms with Crippen molar-refractivity contribution in [2.45, 2.75) is 31.3 Å². The Balaban J connectivity index is 1.83. The van der Waals surface area contributed by atoms with E-state index >= 15 is 0 Å². The van der Waals surface area contributed by atoms with Crippen LogP contribution in [-0.4, -0.2) is 32.3 Å². The summed E-state index contributed by atoms with van der Waals surface area (Å²) in [5.41, 5.74) is 2.65. The third-order valence-electron chi connectivity index (χ3n) is 5.37. The lowest BCUT2D eigenvalue weighted by molar-refractivity contribution is -0.122. The first-order valence-corrected chi connectivity index (χ1v) is 12.3. The molecular formula is C25H27ClN2O4S. The highest BCUT2D eigenvalue weighted by Gasteiger charge is 2.28. The molecule has 0 bridgehead atoms. The summed E-state index contributed by atoms with van der Waals surface area (Å²) >= 11 is 5.93. The minimum absolute atomic E-state index is 0.0714. The van der Waals surface area contributed by atoms with Crippen molar-refractivity contribution in [1.29, 1.82) is 0 Å². The van der Waals surface area contributed by atoms with Gasteiger partial charge in [0.1, 0.15) is 5.75 Å². The highest BCUT2D eigenvalue weighted by Crippen LogP contribution is 2.22. The monoisotopic (exact) mass is 486 g/mol. The SMILES string of the molecule is COc1ccc([C@@H](C)NC(=O)CN(Cc2ccccc2C)S(=O)(=O)c2ccc(Cl)cc2)cc1. The van der Waals surface area contributed by atoms with Gasteiger partial charge in [0.05, 0.1) is 24.6 Å². The van der Waals surface area contributed by atoms with Crippen LogP contribution in [0.2, 0.25) is 5.02 Å². The lowest BCUT2D eigenvalue weighted by Gasteiger charge is -2.24. The zero-order chi connectivity index (χ0) is 24.0. The molecule has 3 aromatic rings. The topological polar surface area (TPSA) is 75.7 Å². The van der Waals surface area contributed by atoms with E-state index in [0.717, 1.165) is 22.4 Å². The number of nitrogens with zero attached hydrogens (tertiary/aromatic N) is 1. The molecule has 0 aromatic heterocycles. The maximum absolute atomic E-state index is 13.4. The molecule has 33 heavy (non-hydrogen) atoms. The Labute approximate surface area is 200 Å². The third-order valence-corrected chi connectivity index (χ3v) is 7.43. The van der Waals surface area contributed by atoms with Gasteiger partial charge in [-0.05, 0) is 66.9 Å². The first kappa shape index (κ1) is 24.8. The second-order valence-electron chi connectivity index (χ2n) is 7.72. The molecule has 3 rings (SSSR count). The van der Waals surface area contributed by atoms with Crippen LogP contribution in [0.5, 0.6) is 5.75 Å². The first-order valence-electron chi connectivity index (χ1n) is 10.4. The van der Waals surface area contributed by atoms with Gasteiger partial charge < -0.3 is 10.1 Å². The zero-order valence-corrected chi connectivity index (χ0v) is 20.4. The van der Waals surface area contributed by atoms with Gasteiger partial charge in [-0.3, -0.25) is 4.79 Å². The Morgan fingerprint density at radius 2 is 1.67 bits per heavy atom. The van der Waals surface area contributed by atoms with E-state index in [-0.39, 0.29) is 24.0 Å². The van der Waals surface area contributed by atoms with E-state index in [9.17, 15) is 13.2 Å². The molecule has 8 heteroatoms. The number of ether oxygens (including phenoxy) is 1. The van der Waals surface area contributed by atoms with E-state index in [0.29, 0.717) is 5.02 Å². The number of sulfonamides is 1. The Morgan fingerprint density at radius 1 is 1.03 bits per heavy atom. The molecule has 3 aromatic carbocycles. The van der Waals surface area contributed by atoms with Gasteiger partial charge >= 0.3 is 0 Å². The Morgan fingerprint density at radius 3 is 2.27 bits per heavy atom. The number of rotatable bonds is 9. The maximum atomic E-state index is 13.4. The van der Waals surface area contributed by atoms with E-state index in [1.54, 1.807) is 7.11 Å². The summed E-state index contributed by atoms with van der Waals surface area (Å²) in [7, 11) is -2.35. The lowest BCUT2D eigenvalue weighted by atomic mass is 10.1. The van der Waals surface area contributed by atoms with Crippen molar-refractivity contribution in [2.75, 3.05) is 13.7 Å². The Hall–Kier alpha value is -2.87. The quantitative estimate of drug-likeness (QED) is 0.474. The highest BCUT2D eigenvalue weighted by atomic mass is 35.5. The maximum Gasteiger partial charge on any atom is 0.243 e. The number of hydrogen-bond donors (Lipinski definition) is 1. The fraction of sp³-hybridized carbons (Fsp3) is 0.240. The number of halogens is 1. The molecule has 0 unspecified atom stereocenters. The fourth-order valence-corrected chi connectivity index (χ4v) is 4.88. The molecule has 0 fully saturated rings. The van der Waals surface area contributed by atoms with Crippen molar-refractivity contribution in [3.63, 3.8) is 0 Å². The number of hydrogen-bond acceptors (Lipinski definition) is 4. The molecule has 0 saturated heterocycles. The second kappa shape index (κ2) is 10.8. The Kier molecular flexibility index (Phi) is 8.13. The fourth-order valence-electron chi connectivity index (χ4n) is 3.38. The largest absolute Gasteiger partial charge is 0.497 e. The first-order chi connectivity index (χ1) is 15.7. The molecule has 1 amide bonds. The number of benzene rings is 3. The van der Waals surface area contributed by atoms with Gasteiger partial charge in [-0.15, -0.1) is 0 Å². The lowest BCUT2D eigenvalue weighted by Crippen LogP contribution is -2.41. The minimum Gasteiger partial charge on any atom is -0.497 e. The molecule has 0 aliphatic rings. The van der Waals surface area contributed by atoms with Gasteiger partial charge in [-0.1, -0.05) is 48.0 Å². The smallest absolute Gasteiger partial charge is 0.243 e. The number of aryl methyl sites for hydroxylation is 1. The summed E-state index contributed by atoms with van der Waals surface area (Å²) in [6, 6.07) is 20.5. The predicted molar refractivity (Wildman–Crippen MR) is 130 cm³/mol. The standard InChI is InChI=1S/C25H27ClN2O4S/c1-18-6-4-5-7-21(18)16-28(33(30,31)24-14-10-22(26)11-15-24)17-25(29)27-19(2)20-8-12-23(32-3)13-9-20/h4-15,19H,16-17H2,1-3H3,(H,27,29)/t19-/m1/s1. The van der Waals surface area contributed by atoms with E-state index in [1.165, 1.54) is 28.6 Å². The summed E-state index contributed by atoms with van der Waals surface area (Å²) < 4.78 is 33.2. The number of nitrogens with one attached hydrogen (secondary N) is 1. The average Bonchev–Trinajstić information content (AvgIpc) is 2.80. The molecule has 0 aliphatic heterocycles. The second-order valence-corrected chi connectivity index (χ2v) is 10.1. The van der Waals surface area contributed by atoms with Crippen LogP contribution in [0.4, 0.5) is 0 Å². The Bertz CT molecular complexity index is 1200. The van der Waals surface area contributed by atoms with E-state index < -0.39 is 15.9 Å². The van der Waals surface area contributed by atoms with Crippen molar-refractivity contribution in [3.8, 4) is 5.75 Å². The number of carbonyl (C=O) groups is 1. The molecule has 6 nitrogen and oxygen atoms in total. The van der Waals surface area contributed by atoms with Crippen molar-refractivity contribution in [2.24, 2.45) is 0 Å². The van der Waals surface area contributed by atoms with Gasteiger partial charge in [-0.2, -0.15) is 4.31 Å². The van der Waals surface area contributed by atoms with Crippen molar-refractivity contribution < 1.29 is 17.9 Å². The third kappa shape index (κ3) is 6.35. The van der Waals surface area contributed by atoms with Gasteiger partial charge in [0.25, 0.3) is 0 Å². The molecule has 1 atom stereocenters.